The molecular weight excluding hydrogens is 312 g/mol. The maximum Gasteiger partial charge on any atom is 0.317 e. The van der Waals surface area contributed by atoms with E-state index in [2.05, 4.69) is 49.9 Å². The highest BCUT2D eigenvalue weighted by Gasteiger charge is 2.21. The number of carbonyl (C=O) groups is 1. The number of nitrogens with zero attached hydrogens (tertiary/aromatic N) is 2. The van der Waals surface area contributed by atoms with Crippen molar-refractivity contribution in [2.24, 2.45) is 0 Å². The van der Waals surface area contributed by atoms with Crippen LogP contribution in [0.2, 0.25) is 0 Å². The average Bonchev–Trinajstić information content (AvgIpc) is 2.77. The Morgan fingerprint density at radius 2 is 1.88 bits per heavy atom. The summed E-state index contributed by atoms with van der Waals surface area (Å²) in [6.45, 7) is 10.2. The topological polar surface area (TPSA) is 43.8 Å². The number of likely N-dealkylation sites (tertiary alicyclic amines) is 1. The van der Waals surface area contributed by atoms with Gasteiger partial charge in [-0.3, -0.25) is 9.69 Å². The van der Waals surface area contributed by atoms with E-state index in [9.17, 15) is 4.79 Å². The van der Waals surface area contributed by atoms with Crippen molar-refractivity contribution in [1.29, 1.82) is 0 Å². The molecule has 2 rings (SSSR count). The van der Waals surface area contributed by atoms with Gasteiger partial charge in [-0.1, -0.05) is 45.0 Å². The molecule has 0 amide bonds. The summed E-state index contributed by atoms with van der Waals surface area (Å²) in [5, 5.41) is 8.96. The van der Waals surface area contributed by atoms with Crippen LogP contribution < -0.4 is 0 Å². The van der Waals surface area contributed by atoms with Crippen molar-refractivity contribution < 1.29 is 9.90 Å². The van der Waals surface area contributed by atoms with Crippen molar-refractivity contribution in [3.63, 3.8) is 0 Å². The first-order valence-electron chi connectivity index (χ1n) is 9.49. The summed E-state index contributed by atoms with van der Waals surface area (Å²) in [5.74, 6) is -0.734. The molecule has 1 N–H and O–H groups in total. The summed E-state index contributed by atoms with van der Waals surface area (Å²) in [4.78, 5) is 15.4. The Bertz CT molecular complexity index is 548. The molecule has 0 saturated carbocycles. The van der Waals surface area contributed by atoms with E-state index in [-0.39, 0.29) is 12.0 Å². The summed E-state index contributed by atoms with van der Waals surface area (Å²) in [6, 6.07) is 9.44. The third-order valence-electron chi connectivity index (χ3n) is 5.33. The fraction of sp³-hybridized carbons (Fsp3) is 0.667. The van der Waals surface area contributed by atoms with Crippen LogP contribution in [0.3, 0.4) is 0 Å². The molecule has 0 aliphatic carbocycles. The molecular formula is C21H34N2O2. The molecule has 1 aromatic rings. The second kappa shape index (κ2) is 8.81. The number of carboxylic acids is 1. The maximum atomic E-state index is 10.9. The van der Waals surface area contributed by atoms with E-state index < -0.39 is 5.97 Å². The van der Waals surface area contributed by atoms with Gasteiger partial charge < -0.3 is 10.0 Å². The molecule has 4 nitrogen and oxygen atoms in total. The number of rotatable bonds is 6. The van der Waals surface area contributed by atoms with Gasteiger partial charge in [-0.25, -0.2) is 0 Å². The van der Waals surface area contributed by atoms with Crippen LogP contribution in [-0.4, -0.2) is 60.1 Å². The number of likely N-dealkylation sites (N-methyl/N-ethyl adjacent to an activating group) is 1. The first-order chi connectivity index (χ1) is 11.8. The van der Waals surface area contributed by atoms with Gasteiger partial charge in [0.1, 0.15) is 0 Å². The van der Waals surface area contributed by atoms with Crippen molar-refractivity contribution in [1.82, 2.24) is 9.80 Å². The summed E-state index contributed by atoms with van der Waals surface area (Å²) in [6.07, 6.45) is 4.39. The zero-order valence-electron chi connectivity index (χ0n) is 16.3. The number of carboxylic acid groups (broad SMARTS) is 1. The molecule has 0 radical (unpaired) electrons. The summed E-state index contributed by atoms with van der Waals surface area (Å²) in [5.41, 5.74) is 2.99. The largest absolute Gasteiger partial charge is 0.480 e. The normalized spacial score (nSPS) is 19.8. The van der Waals surface area contributed by atoms with Crippen molar-refractivity contribution in [2.75, 3.05) is 33.2 Å². The van der Waals surface area contributed by atoms with Crippen molar-refractivity contribution in [3.8, 4) is 0 Å². The Labute approximate surface area is 152 Å². The van der Waals surface area contributed by atoms with Crippen LogP contribution in [0, 0.1) is 0 Å². The van der Waals surface area contributed by atoms with Crippen LogP contribution in [0.5, 0.6) is 0 Å². The van der Waals surface area contributed by atoms with E-state index in [1.165, 1.54) is 11.1 Å². The minimum atomic E-state index is -0.734. The minimum absolute atomic E-state index is 0.144. The van der Waals surface area contributed by atoms with Crippen LogP contribution in [0.4, 0.5) is 0 Å². The Balaban J connectivity index is 1.81. The predicted octanol–water partition coefficient (Wildman–Crippen LogP) is 3.40. The molecule has 0 bridgehead atoms. The zero-order chi connectivity index (χ0) is 18.4. The first kappa shape index (κ1) is 19.9. The van der Waals surface area contributed by atoms with Gasteiger partial charge in [0, 0.05) is 12.6 Å². The minimum Gasteiger partial charge on any atom is -0.480 e. The van der Waals surface area contributed by atoms with Crippen molar-refractivity contribution >= 4 is 5.97 Å². The van der Waals surface area contributed by atoms with Crippen LogP contribution >= 0.6 is 0 Å². The Morgan fingerprint density at radius 1 is 1.20 bits per heavy atom. The van der Waals surface area contributed by atoms with Crippen LogP contribution in [0.15, 0.2) is 24.3 Å². The smallest absolute Gasteiger partial charge is 0.317 e. The lowest BCUT2D eigenvalue weighted by Gasteiger charge is -2.25. The highest BCUT2D eigenvalue weighted by atomic mass is 16.4. The molecule has 0 spiro atoms. The molecule has 140 valence electrons. The molecule has 25 heavy (non-hydrogen) atoms. The number of hydrogen-bond donors (Lipinski definition) is 1. The molecule has 1 aliphatic rings. The average molecular weight is 347 g/mol. The number of benzene rings is 1. The molecule has 1 aliphatic heterocycles. The monoisotopic (exact) mass is 346 g/mol. The van der Waals surface area contributed by atoms with Gasteiger partial charge in [0.05, 0.1) is 6.54 Å². The zero-order valence-corrected chi connectivity index (χ0v) is 16.3. The van der Waals surface area contributed by atoms with Gasteiger partial charge in [0.25, 0.3) is 0 Å². The Kier molecular flexibility index (Phi) is 7.03. The molecule has 1 aromatic carbocycles. The fourth-order valence-corrected chi connectivity index (χ4v) is 3.60. The molecule has 1 fully saturated rings. The van der Waals surface area contributed by atoms with Gasteiger partial charge in [0.15, 0.2) is 0 Å². The molecule has 0 aromatic heterocycles. The maximum absolute atomic E-state index is 10.9. The molecule has 1 atom stereocenters. The number of aliphatic carboxylic acids is 1. The van der Waals surface area contributed by atoms with Crippen LogP contribution in [-0.2, 0) is 16.6 Å². The van der Waals surface area contributed by atoms with Crippen LogP contribution in [0.25, 0.3) is 0 Å². The lowest BCUT2D eigenvalue weighted by molar-refractivity contribution is -0.138. The fourth-order valence-electron chi connectivity index (χ4n) is 3.60. The Hall–Kier alpha value is -1.39. The van der Waals surface area contributed by atoms with Gasteiger partial charge in [0.2, 0.25) is 0 Å². The van der Waals surface area contributed by atoms with Gasteiger partial charge in [-0.05, 0) is 62.4 Å². The lowest BCUT2D eigenvalue weighted by atomic mass is 9.86. The molecule has 4 heteroatoms. The lowest BCUT2D eigenvalue weighted by Crippen LogP contribution is -2.36. The second-order valence-corrected chi connectivity index (χ2v) is 8.43. The van der Waals surface area contributed by atoms with Gasteiger partial charge in [-0.15, -0.1) is 0 Å². The van der Waals surface area contributed by atoms with Crippen molar-refractivity contribution in [3.05, 3.63) is 35.4 Å². The van der Waals surface area contributed by atoms with E-state index in [0.29, 0.717) is 6.04 Å². The van der Waals surface area contributed by atoms with Crippen molar-refractivity contribution in [2.45, 2.75) is 57.9 Å². The first-order valence-corrected chi connectivity index (χ1v) is 9.49. The van der Waals surface area contributed by atoms with E-state index >= 15 is 0 Å². The predicted molar refractivity (Wildman–Crippen MR) is 103 cm³/mol. The Morgan fingerprint density at radius 3 is 2.48 bits per heavy atom. The molecule has 1 unspecified atom stereocenters. The SMILES string of the molecule is CN(CC(=O)O)C1CCCN(CCc2ccc(C(C)(C)C)cc2)CC1. The van der Waals surface area contributed by atoms with E-state index in [4.69, 9.17) is 5.11 Å². The highest BCUT2D eigenvalue weighted by molar-refractivity contribution is 5.69. The van der Waals surface area contributed by atoms with Gasteiger partial charge in [-0.2, -0.15) is 0 Å². The van der Waals surface area contributed by atoms with E-state index in [1.807, 2.05) is 11.9 Å². The molecule has 1 heterocycles. The third kappa shape index (κ3) is 6.44. The standard InChI is InChI=1S/C21H34N2O2/c1-21(2,3)18-9-7-17(8-10-18)11-14-23-13-5-6-19(12-15-23)22(4)16-20(24)25/h7-10,19H,5-6,11-16H2,1-4H3,(H,24,25). The summed E-state index contributed by atoms with van der Waals surface area (Å²) < 4.78 is 0. The van der Waals surface area contributed by atoms with E-state index in [0.717, 1.165) is 45.3 Å². The quantitative estimate of drug-likeness (QED) is 0.857. The summed E-state index contributed by atoms with van der Waals surface area (Å²) in [7, 11) is 1.94. The molecule has 1 saturated heterocycles. The highest BCUT2D eigenvalue weighted by Crippen LogP contribution is 2.22. The van der Waals surface area contributed by atoms with E-state index in [1.54, 1.807) is 0 Å². The number of hydrogen-bond acceptors (Lipinski definition) is 3. The summed E-state index contributed by atoms with van der Waals surface area (Å²) >= 11 is 0. The second-order valence-electron chi connectivity index (χ2n) is 8.43. The van der Waals surface area contributed by atoms with Crippen LogP contribution in [0.1, 0.15) is 51.2 Å². The van der Waals surface area contributed by atoms with Gasteiger partial charge >= 0.3 is 5.97 Å². The third-order valence-corrected chi connectivity index (χ3v) is 5.33.